The highest BCUT2D eigenvalue weighted by molar-refractivity contribution is 7.99. The van der Waals surface area contributed by atoms with Gasteiger partial charge in [0.15, 0.2) is 32.0 Å². The van der Waals surface area contributed by atoms with E-state index in [4.69, 9.17) is 39.9 Å². The third-order valence-electron chi connectivity index (χ3n) is 10.2. The van der Waals surface area contributed by atoms with Gasteiger partial charge < -0.3 is 0 Å². The fourth-order valence-corrected chi connectivity index (χ4v) is 11.3. The Balaban J connectivity index is 1.17. The van der Waals surface area contributed by atoms with Crippen LogP contribution in [0.1, 0.15) is 35.4 Å². The van der Waals surface area contributed by atoms with Crippen LogP contribution in [0.3, 0.4) is 0 Å². The summed E-state index contributed by atoms with van der Waals surface area (Å²) in [5.41, 5.74) is 3.85. The third kappa shape index (κ3) is 4.92. The lowest BCUT2D eigenvalue weighted by Gasteiger charge is -2.40. The van der Waals surface area contributed by atoms with Gasteiger partial charge in [0.25, 0.3) is 43.6 Å². The van der Waals surface area contributed by atoms with E-state index >= 15 is 0 Å². The maximum atomic E-state index is 11.4. The second-order valence-corrected chi connectivity index (χ2v) is 19.7. The van der Waals surface area contributed by atoms with Crippen molar-refractivity contribution in [2.24, 2.45) is 20.0 Å². The van der Waals surface area contributed by atoms with E-state index in [0.29, 0.717) is 112 Å². The van der Waals surface area contributed by atoms with Gasteiger partial charge in [-0.05, 0) is 12.8 Å². The van der Waals surface area contributed by atoms with Crippen LogP contribution in [0, 0.1) is 0 Å². The first kappa shape index (κ1) is 35.8. The molecule has 59 heavy (non-hydrogen) atoms. The van der Waals surface area contributed by atoms with Gasteiger partial charge in [-0.25, -0.2) is 39.9 Å². The quantitative estimate of drug-likeness (QED) is 0.0357. The van der Waals surface area contributed by atoms with Gasteiger partial charge in [0.1, 0.15) is 22.2 Å². The summed E-state index contributed by atoms with van der Waals surface area (Å²) in [5.74, 6) is 0.885. The smallest absolute Gasteiger partial charge is 0.286 e. The van der Waals surface area contributed by atoms with Gasteiger partial charge in [-0.3, -0.25) is 9.11 Å². The topological polar surface area (TPSA) is 277 Å². The van der Waals surface area contributed by atoms with Crippen LogP contribution in [-0.2, 0) is 26.1 Å². The molecular formula is C31H20N16O6S6+2. The molecular weight excluding hydrogens is 885 g/mol. The van der Waals surface area contributed by atoms with Crippen molar-refractivity contribution < 1.29 is 35.1 Å². The number of nitrogens with zero attached hydrogens (tertiary/aromatic N) is 16. The normalized spacial score (nSPS) is 18.7. The maximum absolute atomic E-state index is 11.4. The highest BCUT2D eigenvalue weighted by atomic mass is 32.2. The van der Waals surface area contributed by atoms with Gasteiger partial charge in [-0.1, -0.05) is 43.5 Å². The number of aromatic nitrogens is 10. The van der Waals surface area contributed by atoms with Crippen molar-refractivity contribution >= 4 is 126 Å². The van der Waals surface area contributed by atoms with Crippen molar-refractivity contribution in [2.45, 2.75) is 39.4 Å². The SMILES string of the molecule is O=S(=O)(O)CCCSc1ncc2c(n1)C1=[N+]3C2=Nc2c4nc(SCCCS(=O)(=O)O)ncc4c4n2[C@@]32n3c(c5cnc(S)nc5c3=NC3=[N+]2C(=N4)c2nc(S)ncc23)=N1. The van der Waals surface area contributed by atoms with Crippen LogP contribution in [-0.4, -0.2) is 130 Å². The first-order valence-corrected chi connectivity index (χ1v) is 23.5. The number of thioether (sulfide) groups is 2. The second kappa shape index (κ2) is 12.0. The molecule has 0 radical (unpaired) electrons. The highest BCUT2D eigenvalue weighted by Crippen LogP contribution is 2.52. The van der Waals surface area contributed by atoms with Crippen LogP contribution >= 0.6 is 48.8 Å². The molecule has 0 amide bonds. The van der Waals surface area contributed by atoms with Crippen LogP contribution in [0.15, 0.2) is 65.4 Å². The lowest BCUT2D eigenvalue weighted by Crippen LogP contribution is -2.71. The van der Waals surface area contributed by atoms with E-state index in [-0.39, 0.29) is 23.2 Å². The molecule has 0 fully saturated rings. The van der Waals surface area contributed by atoms with E-state index in [0.717, 1.165) is 0 Å². The fraction of sp³-hybridized carbons (Fsp3) is 0.226. The molecule has 1 spiro atoms. The average molecular weight is 905 g/mol. The van der Waals surface area contributed by atoms with Crippen molar-refractivity contribution in [2.75, 3.05) is 23.0 Å². The van der Waals surface area contributed by atoms with Crippen LogP contribution in [0.4, 0.5) is 11.6 Å². The van der Waals surface area contributed by atoms with E-state index < -0.39 is 37.7 Å². The summed E-state index contributed by atoms with van der Waals surface area (Å²) >= 11 is 11.4. The third-order valence-corrected chi connectivity index (χ3v) is 14.1. The Bertz CT molecular complexity index is 3570. The Morgan fingerprint density at radius 1 is 0.627 bits per heavy atom. The molecule has 294 valence electrons. The zero-order chi connectivity index (χ0) is 40.3. The van der Waals surface area contributed by atoms with E-state index in [1.54, 1.807) is 24.8 Å². The van der Waals surface area contributed by atoms with E-state index in [1.807, 2.05) is 18.3 Å². The Morgan fingerprint density at radius 3 is 2.02 bits per heavy atom. The molecule has 6 aromatic heterocycles. The summed E-state index contributed by atoms with van der Waals surface area (Å²) in [6.45, 7) is 0. The first-order valence-electron chi connectivity index (χ1n) is 17.4. The minimum Gasteiger partial charge on any atom is -0.286 e. The zero-order valence-corrected chi connectivity index (χ0v) is 34.3. The summed E-state index contributed by atoms with van der Waals surface area (Å²) in [6.07, 6.45) is 6.94. The number of fused-ring (bicyclic) bond motifs is 12. The molecule has 0 saturated carbocycles. The predicted molar refractivity (Wildman–Crippen MR) is 214 cm³/mol. The van der Waals surface area contributed by atoms with Crippen LogP contribution in [0.5, 0.6) is 0 Å². The molecule has 0 unspecified atom stereocenters. The monoisotopic (exact) mass is 904 g/mol. The molecule has 2 N–H and O–H groups in total. The van der Waals surface area contributed by atoms with Gasteiger partial charge in [-0.2, -0.15) is 26.0 Å². The lowest BCUT2D eigenvalue weighted by molar-refractivity contribution is -0.790. The van der Waals surface area contributed by atoms with Gasteiger partial charge in [0.2, 0.25) is 22.6 Å². The van der Waals surface area contributed by atoms with Crippen LogP contribution in [0.25, 0.3) is 21.8 Å². The van der Waals surface area contributed by atoms with Gasteiger partial charge >= 0.3 is 5.91 Å². The molecule has 6 aromatic rings. The van der Waals surface area contributed by atoms with Crippen molar-refractivity contribution in [1.82, 2.24) is 49.0 Å². The zero-order valence-electron chi connectivity index (χ0n) is 29.3. The van der Waals surface area contributed by atoms with Crippen molar-refractivity contribution in [1.29, 1.82) is 0 Å². The first-order chi connectivity index (χ1) is 28.3. The van der Waals surface area contributed by atoms with Crippen LogP contribution < -0.4 is 11.0 Å². The predicted octanol–water partition coefficient (Wildman–Crippen LogP) is 0.185. The molecule has 0 bridgehead atoms. The Labute approximate surface area is 348 Å². The van der Waals surface area contributed by atoms with E-state index in [9.17, 15) is 25.9 Å². The van der Waals surface area contributed by atoms with Crippen LogP contribution in [0.2, 0.25) is 0 Å². The highest BCUT2D eigenvalue weighted by Gasteiger charge is 2.70. The standard InChI is InChI=1S/C31H18N16O6S6/c48-58(49,50)5-1-3-56-29-34-9-13-17(38-29)26-43-22-14-10-35-30(57-4-2-6-59(51,52)53)39-18(14)25-42-20-12-8-33-28(55)37-16(12)23-40-19-11-7-32-27(54)36-15(11)24-41-21(13)46(26)31(44(19)24,45(20)23)47(22)25/h7-10H,1-6H2,(H2,48,49,50,51,52,53)/p+2/t31-/m1/s1. The second-order valence-electron chi connectivity index (χ2n) is 13.6. The number of hydrogen-bond donors (Lipinski definition) is 4. The minimum atomic E-state index is -4.14. The van der Waals surface area contributed by atoms with Crippen molar-refractivity contribution in [3.8, 4) is 0 Å². The molecule has 12 heterocycles. The molecule has 0 aromatic carbocycles. The van der Waals surface area contributed by atoms with Gasteiger partial charge in [0.05, 0.1) is 22.3 Å². The lowest BCUT2D eigenvalue weighted by atomic mass is 10.2. The molecule has 28 heteroatoms. The maximum Gasteiger partial charge on any atom is 0.405 e. The minimum absolute atomic E-state index is 0.173. The Morgan fingerprint density at radius 2 is 1.25 bits per heavy atom. The molecule has 1 atom stereocenters. The number of amidine groups is 4. The van der Waals surface area contributed by atoms with E-state index in [1.165, 1.54) is 23.5 Å². The van der Waals surface area contributed by atoms with Gasteiger partial charge in [0, 0.05) is 36.3 Å². The van der Waals surface area contributed by atoms with E-state index in [2.05, 4.69) is 45.2 Å². The number of hydrogen-bond acceptors (Lipinski definition) is 20. The molecule has 0 aliphatic carbocycles. The summed E-state index contributed by atoms with van der Waals surface area (Å²) in [7, 11) is -8.28. The molecule has 0 saturated heterocycles. The molecule has 6 aliphatic heterocycles. The Kier molecular flexibility index (Phi) is 7.29. The molecule has 12 rings (SSSR count). The summed E-state index contributed by atoms with van der Waals surface area (Å²) in [4.78, 5) is 58.5. The summed E-state index contributed by atoms with van der Waals surface area (Å²) in [5, 5.41) is 2.27. The molecule has 6 aliphatic rings. The number of thiol groups is 2. The summed E-state index contributed by atoms with van der Waals surface area (Å²) < 4.78 is 71.9. The fourth-order valence-electron chi connectivity index (χ4n) is 8.06. The largest absolute Gasteiger partial charge is 0.405 e. The number of rotatable bonds is 10. The van der Waals surface area contributed by atoms with Gasteiger partial charge in [-0.15, -0.1) is 34.4 Å². The van der Waals surface area contributed by atoms with Crippen molar-refractivity contribution in [3.63, 3.8) is 0 Å². The summed E-state index contributed by atoms with van der Waals surface area (Å²) in [6, 6.07) is 0. The number of aliphatic imine (C=N–C) groups is 2. The average Bonchev–Trinajstić information content (AvgIpc) is 3.89. The Hall–Kier alpha value is -5.10. The van der Waals surface area contributed by atoms with Crippen molar-refractivity contribution in [3.05, 3.63) is 58.3 Å². The molecule has 22 nitrogen and oxygen atoms in total.